The van der Waals surface area contributed by atoms with Crippen molar-refractivity contribution in [1.29, 1.82) is 5.26 Å². The molecule has 0 aliphatic rings. The van der Waals surface area contributed by atoms with Crippen LogP contribution in [0.4, 0.5) is 5.69 Å². The summed E-state index contributed by atoms with van der Waals surface area (Å²) in [6.07, 6.45) is 1.30. The quantitative estimate of drug-likeness (QED) is 0.344. The van der Waals surface area contributed by atoms with Gasteiger partial charge in [-0.05, 0) is 42.5 Å². The zero-order valence-electron chi connectivity index (χ0n) is 13.7. The summed E-state index contributed by atoms with van der Waals surface area (Å²) >= 11 is 12.1. The number of phenolic OH excluding ortho intramolecular Hbond substituents is 1. The molecule has 0 spiro atoms. The Morgan fingerprint density at radius 3 is 2.67 bits per heavy atom. The predicted molar refractivity (Wildman–Crippen MR) is 104 cm³/mol. The van der Waals surface area contributed by atoms with Crippen molar-refractivity contribution < 1.29 is 14.3 Å². The molecule has 1 aromatic heterocycles. The minimum Gasteiger partial charge on any atom is -0.506 e. The Morgan fingerprint density at radius 1 is 1.15 bits per heavy atom. The molecule has 2 N–H and O–H groups in total. The second kappa shape index (κ2) is 8.00. The van der Waals surface area contributed by atoms with E-state index < -0.39 is 5.91 Å². The number of hydrogen-bond donors (Lipinski definition) is 2. The van der Waals surface area contributed by atoms with Crippen LogP contribution in [0.2, 0.25) is 10.0 Å². The fourth-order valence-electron chi connectivity index (χ4n) is 2.32. The van der Waals surface area contributed by atoms with Crippen LogP contribution >= 0.6 is 23.2 Å². The third-order valence-corrected chi connectivity index (χ3v) is 4.19. The summed E-state index contributed by atoms with van der Waals surface area (Å²) < 4.78 is 5.66. The lowest BCUT2D eigenvalue weighted by atomic mass is 10.2. The van der Waals surface area contributed by atoms with E-state index in [1.807, 2.05) is 6.07 Å². The van der Waals surface area contributed by atoms with Crippen molar-refractivity contribution in [1.82, 2.24) is 0 Å². The highest BCUT2D eigenvalue weighted by Gasteiger charge is 2.14. The number of carbonyl (C=O) groups excluding carboxylic acids is 1. The van der Waals surface area contributed by atoms with E-state index in [0.29, 0.717) is 27.1 Å². The first-order chi connectivity index (χ1) is 13.0. The lowest BCUT2D eigenvalue weighted by Gasteiger charge is -2.05. The van der Waals surface area contributed by atoms with Gasteiger partial charge in [0, 0.05) is 16.7 Å². The van der Waals surface area contributed by atoms with Crippen molar-refractivity contribution in [2.24, 2.45) is 0 Å². The van der Waals surface area contributed by atoms with Crippen molar-refractivity contribution in [3.8, 4) is 23.1 Å². The molecule has 0 aliphatic heterocycles. The van der Waals surface area contributed by atoms with Gasteiger partial charge in [0.1, 0.15) is 28.9 Å². The van der Waals surface area contributed by atoms with Gasteiger partial charge in [0.25, 0.3) is 5.91 Å². The van der Waals surface area contributed by atoms with Crippen molar-refractivity contribution >= 4 is 40.9 Å². The normalized spacial score (nSPS) is 11.1. The Hall–Kier alpha value is -3.20. The average Bonchev–Trinajstić information content (AvgIpc) is 3.12. The number of benzene rings is 2. The summed E-state index contributed by atoms with van der Waals surface area (Å²) in [6.45, 7) is 0. The third-order valence-electron chi connectivity index (χ3n) is 3.62. The van der Waals surface area contributed by atoms with Crippen molar-refractivity contribution in [2.45, 2.75) is 0 Å². The van der Waals surface area contributed by atoms with Crippen LogP contribution in [0.1, 0.15) is 5.76 Å². The van der Waals surface area contributed by atoms with Gasteiger partial charge in [-0.25, -0.2) is 0 Å². The number of hydrogen-bond acceptors (Lipinski definition) is 4. The van der Waals surface area contributed by atoms with Crippen molar-refractivity contribution in [3.63, 3.8) is 0 Å². The lowest BCUT2D eigenvalue weighted by Crippen LogP contribution is -2.13. The van der Waals surface area contributed by atoms with Crippen LogP contribution in [0, 0.1) is 11.3 Å². The summed E-state index contributed by atoms with van der Waals surface area (Å²) in [5, 5.41) is 22.4. The number of para-hydroxylation sites is 2. The van der Waals surface area contributed by atoms with E-state index in [4.69, 9.17) is 27.6 Å². The highest BCUT2D eigenvalue weighted by Crippen LogP contribution is 2.32. The van der Waals surface area contributed by atoms with Crippen LogP contribution < -0.4 is 5.32 Å². The largest absolute Gasteiger partial charge is 0.506 e. The molecule has 27 heavy (non-hydrogen) atoms. The van der Waals surface area contributed by atoms with Crippen LogP contribution in [0.25, 0.3) is 17.4 Å². The van der Waals surface area contributed by atoms with Gasteiger partial charge >= 0.3 is 0 Å². The molecule has 0 atom stereocenters. The van der Waals surface area contributed by atoms with Crippen molar-refractivity contribution in [2.75, 3.05) is 5.32 Å². The molecule has 3 aromatic rings. The number of rotatable bonds is 4. The topological polar surface area (TPSA) is 86.3 Å². The van der Waals surface area contributed by atoms with Gasteiger partial charge in [0.05, 0.1) is 10.7 Å². The summed E-state index contributed by atoms with van der Waals surface area (Å²) in [4.78, 5) is 12.3. The Morgan fingerprint density at radius 2 is 1.93 bits per heavy atom. The highest BCUT2D eigenvalue weighted by atomic mass is 35.5. The van der Waals surface area contributed by atoms with Gasteiger partial charge in [0.2, 0.25) is 0 Å². The first kappa shape index (κ1) is 18.6. The molecule has 0 bridgehead atoms. The summed E-state index contributed by atoms with van der Waals surface area (Å²) in [5.74, 6) is -0.0195. The monoisotopic (exact) mass is 398 g/mol. The second-order valence-corrected chi connectivity index (χ2v) is 6.31. The van der Waals surface area contributed by atoms with E-state index in [0.717, 1.165) is 0 Å². The number of anilines is 1. The maximum absolute atomic E-state index is 12.3. The molecule has 0 radical (unpaired) electrons. The number of furan rings is 1. The van der Waals surface area contributed by atoms with Crippen LogP contribution in [0.5, 0.6) is 5.75 Å². The fourth-order valence-corrected chi connectivity index (χ4v) is 2.70. The second-order valence-electron chi connectivity index (χ2n) is 5.47. The van der Waals surface area contributed by atoms with Gasteiger partial charge in [-0.15, -0.1) is 0 Å². The van der Waals surface area contributed by atoms with Gasteiger partial charge in [-0.2, -0.15) is 5.26 Å². The van der Waals surface area contributed by atoms with Crippen LogP contribution in [0.15, 0.2) is 64.6 Å². The van der Waals surface area contributed by atoms with E-state index in [1.54, 1.807) is 42.5 Å². The number of nitriles is 1. The molecule has 3 rings (SSSR count). The Kier molecular flexibility index (Phi) is 5.51. The van der Waals surface area contributed by atoms with E-state index in [2.05, 4.69) is 5.32 Å². The molecule has 134 valence electrons. The fraction of sp³-hybridized carbons (Fsp3) is 0. The Balaban J connectivity index is 1.85. The highest BCUT2D eigenvalue weighted by molar-refractivity contribution is 6.35. The maximum atomic E-state index is 12.3. The smallest absolute Gasteiger partial charge is 0.266 e. The minimum atomic E-state index is -0.669. The van der Waals surface area contributed by atoms with Gasteiger partial charge in [0.15, 0.2) is 0 Å². The number of nitrogens with one attached hydrogen (secondary N) is 1. The van der Waals surface area contributed by atoms with Gasteiger partial charge in [-0.3, -0.25) is 4.79 Å². The van der Waals surface area contributed by atoms with Crippen LogP contribution in [0.3, 0.4) is 0 Å². The number of phenols is 1. The predicted octanol–water partition coefficient (Wildman–Crippen LogP) is 5.50. The first-order valence-electron chi connectivity index (χ1n) is 7.74. The first-order valence-corrected chi connectivity index (χ1v) is 8.50. The van der Waals surface area contributed by atoms with Gasteiger partial charge in [-0.1, -0.05) is 35.3 Å². The maximum Gasteiger partial charge on any atom is 0.266 e. The van der Waals surface area contributed by atoms with E-state index in [9.17, 15) is 15.2 Å². The third kappa shape index (κ3) is 4.32. The molecule has 0 aliphatic carbocycles. The average molecular weight is 399 g/mol. The number of halogens is 2. The molecule has 0 unspecified atom stereocenters. The molecule has 5 nitrogen and oxygen atoms in total. The van der Waals surface area contributed by atoms with Crippen LogP contribution in [-0.2, 0) is 4.79 Å². The molecule has 0 saturated heterocycles. The molecule has 0 saturated carbocycles. The molecule has 2 aromatic carbocycles. The number of nitrogens with zero attached hydrogens (tertiary/aromatic N) is 1. The van der Waals surface area contributed by atoms with Gasteiger partial charge < -0.3 is 14.8 Å². The Bertz CT molecular complexity index is 1080. The van der Waals surface area contributed by atoms with E-state index >= 15 is 0 Å². The van der Waals surface area contributed by atoms with E-state index in [1.165, 1.54) is 18.2 Å². The lowest BCUT2D eigenvalue weighted by molar-refractivity contribution is -0.112. The molecule has 1 amide bonds. The summed E-state index contributed by atoms with van der Waals surface area (Å²) in [6, 6.07) is 16.3. The molecule has 1 heterocycles. The Labute approximate surface area is 165 Å². The van der Waals surface area contributed by atoms with Crippen LogP contribution in [-0.4, -0.2) is 11.0 Å². The number of aromatic hydroxyl groups is 1. The van der Waals surface area contributed by atoms with Crippen molar-refractivity contribution in [3.05, 3.63) is 76.0 Å². The summed E-state index contributed by atoms with van der Waals surface area (Å²) in [5.41, 5.74) is 0.617. The SMILES string of the molecule is N#CC(=Cc1ccc(-c2cc(Cl)ccc2Cl)o1)C(=O)Nc1ccccc1O. The molecular formula is C20H12Cl2N2O3. The zero-order valence-corrected chi connectivity index (χ0v) is 15.3. The zero-order chi connectivity index (χ0) is 19.4. The minimum absolute atomic E-state index is 0.0981. The molecular weight excluding hydrogens is 387 g/mol. The number of amides is 1. The van der Waals surface area contributed by atoms with E-state index in [-0.39, 0.29) is 17.0 Å². The standard InChI is InChI=1S/C20H12Cl2N2O3/c21-13-5-7-16(22)15(10-13)19-8-6-14(27-19)9-12(11-23)20(26)24-17-3-1-2-4-18(17)25/h1-10,25H,(H,24,26). The summed E-state index contributed by atoms with van der Waals surface area (Å²) in [7, 11) is 0. The molecule has 7 heteroatoms. The number of carbonyl (C=O) groups is 1. The molecule has 0 fully saturated rings.